The zero-order chi connectivity index (χ0) is 18.0. The number of benzene rings is 2. The quantitative estimate of drug-likeness (QED) is 0.739. The van der Waals surface area contributed by atoms with Crippen molar-refractivity contribution in [3.8, 4) is 11.5 Å². The predicted molar refractivity (Wildman–Crippen MR) is 101 cm³/mol. The van der Waals surface area contributed by atoms with Gasteiger partial charge in [0, 0.05) is 0 Å². The number of nitrogens with one attached hydrogen (secondary N) is 1. The van der Waals surface area contributed by atoms with Gasteiger partial charge in [0.15, 0.2) is 11.2 Å². The molecule has 0 radical (unpaired) electrons. The molecule has 5 nitrogen and oxygen atoms in total. The topological polar surface area (TPSA) is 60.5 Å². The lowest BCUT2D eigenvalue weighted by molar-refractivity contribution is -0.122. The fourth-order valence-electron chi connectivity index (χ4n) is 2.34. The Bertz CT molecular complexity index is 920. The summed E-state index contributed by atoms with van der Waals surface area (Å²) >= 11 is 1.40. The van der Waals surface area contributed by atoms with E-state index in [4.69, 9.17) is 9.47 Å². The number of fused-ring (bicyclic) bond motifs is 1. The number of hydrogen-bond acceptors (Lipinski definition) is 5. The number of nitrogens with zero attached hydrogens (tertiary/aromatic N) is 1. The van der Waals surface area contributed by atoms with Gasteiger partial charge in [-0.05, 0) is 62.2 Å². The molecule has 1 unspecified atom stereocenters. The van der Waals surface area contributed by atoms with Gasteiger partial charge in [-0.2, -0.15) is 0 Å². The summed E-state index contributed by atoms with van der Waals surface area (Å²) in [7, 11) is 1.62. The van der Waals surface area contributed by atoms with Crippen LogP contribution in [-0.2, 0) is 4.79 Å². The molecule has 0 spiro atoms. The molecular weight excluding hydrogens is 336 g/mol. The highest BCUT2D eigenvalue weighted by Crippen LogP contribution is 2.29. The molecule has 130 valence electrons. The number of aryl methyl sites for hydroxylation is 2. The van der Waals surface area contributed by atoms with E-state index in [1.807, 2.05) is 50.2 Å². The Balaban J connectivity index is 1.69. The normalized spacial score (nSPS) is 12.0. The highest BCUT2D eigenvalue weighted by atomic mass is 32.1. The maximum Gasteiger partial charge on any atom is 0.266 e. The summed E-state index contributed by atoms with van der Waals surface area (Å²) in [6.45, 7) is 5.78. The molecule has 1 heterocycles. The second kappa shape index (κ2) is 7.11. The van der Waals surface area contributed by atoms with Crippen LogP contribution in [0.3, 0.4) is 0 Å². The first-order valence-corrected chi connectivity index (χ1v) is 8.77. The lowest BCUT2D eigenvalue weighted by atomic mass is 10.1. The Morgan fingerprint density at radius 2 is 1.88 bits per heavy atom. The van der Waals surface area contributed by atoms with Crippen LogP contribution < -0.4 is 14.8 Å². The van der Waals surface area contributed by atoms with Crippen molar-refractivity contribution in [2.45, 2.75) is 26.9 Å². The summed E-state index contributed by atoms with van der Waals surface area (Å²) in [6, 6.07) is 11.4. The number of aromatic nitrogens is 1. The lowest BCUT2D eigenvalue weighted by Crippen LogP contribution is -2.30. The molecular formula is C19H20N2O3S. The zero-order valence-corrected chi connectivity index (χ0v) is 15.4. The van der Waals surface area contributed by atoms with E-state index in [2.05, 4.69) is 10.3 Å². The number of hydrogen-bond donors (Lipinski definition) is 1. The SMILES string of the molecule is COc1ccc2nc(NC(=O)C(C)Oc3ccc(C)c(C)c3)sc2c1. The molecule has 0 aliphatic carbocycles. The first kappa shape index (κ1) is 17.2. The standard InChI is InChI=1S/C19H20N2O3S/c1-11-5-6-15(9-12(11)2)24-13(3)18(22)21-19-20-16-8-7-14(23-4)10-17(16)25-19/h5-10,13H,1-4H3,(H,20,21,22). The number of amides is 1. The van der Waals surface area contributed by atoms with E-state index in [0.717, 1.165) is 21.5 Å². The summed E-state index contributed by atoms with van der Waals surface area (Å²) in [5.74, 6) is 1.21. The van der Waals surface area contributed by atoms with Crippen LogP contribution in [0.2, 0.25) is 0 Å². The summed E-state index contributed by atoms with van der Waals surface area (Å²) in [5.41, 5.74) is 3.14. The molecule has 0 fully saturated rings. The van der Waals surface area contributed by atoms with Gasteiger partial charge in [-0.15, -0.1) is 0 Å². The molecule has 2 aromatic carbocycles. The predicted octanol–water partition coefficient (Wildman–Crippen LogP) is 4.33. The first-order chi connectivity index (χ1) is 12.0. The van der Waals surface area contributed by atoms with E-state index in [9.17, 15) is 4.79 Å². The van der Waals surface area contributed by atoms with E-state index in [1.54, 1.807) is 14.0 Å². The van der Waals surface area contributed by atoms with Crippen molar-refractivity contribution < 1.29 is 14.3 Å². The van der Waals surface area contributed by atoms with Crippen molar-refractivity contribution in [2.24, 2.45) is 0 Å². The van der Waals surface area contributed by atoms with Crippen LogP contribution in [0.5, 0.6) is 11.5 Å². The third-order valence-corrected chi connectivity index (χ3v) is 4.92. The highest BCUT2D eigenvalue weighted by Gasteiger charge is 2.17. The van der Waals surface area contributed by atoms with Crippen LogP contribution in [0.25, 0.3) is 10.2 Å². The van der Waals surface area contributed by atoms with Gasteiger partial charge in [0.1, 0.15) is 11.5 Å². The second-order valence-corrected chi connectivity index (χ2v) is 6.88. The van der Waals surface area contributed by atoms with Crippen LogP contribution in [0.4, 0.5) is 5.13 Å². The third-order valence-electron chi connectivity index (χ3n) is 3.99. The minimum atomic E-state index is -0.622. The Morgan fingerprint density at radius 3 is 2.60 bits per heavy atom. The largest absolute Gasteiger partial charge is 0.497 e. The molecule has 3 rings (SSSR count). The minimum absolute atomic E-state index is 0.232. The van der Waals surface area contributed by atoms with Crippen molar-refractivity contribution in [2.75, 3.05) is 12.4 Å². The van der Waals surface area contributed by atoms with E-state index < -0.39 is 6.10 Å². The van der Waals surface area contributed by atoms with Crippen LogP contribution in [0, 0.1) is 13.8 Å². The monoisotopic (exact) mass is 356 g/mol. The van der Waals surface area contributed by atoms with Gasteiger partial charge < -0.3 is 9.47 Å². The third kappa shape index (κ3) is 3.91. The van der Waals surface area contributed by atoms with E-state index in [1.165, 1.54) is 16.9 Å². The number of methoxy groups -OCH3 is 1. The Morgan fingerprint density at radius 1 is 1.12 bits per heavy atom. The number of carbonyl (C=O) groups is 1. The Kier molecular flexibility index (Phi) is 4.90. The first-order valence-electron chi connectivity index (χ1n) is 7.95. The van der Waals surface area contributed by atoms with Crippen molar-refractivity contribution >= 4 is 32.6 Å². The summed E-state index contributed by atoms with van der Waals surface area (Å²) in [4.78, 5) is 16.8. The smallest absolute Gasteiger partial charge is 0.266 e. The zero-order valence-electron chi connectivity index (χ0n) is 14.6. The number of thiazole rings is 1. The molecule has 1 amide bonds. The maximum absolute atomic E-state index is 12.4. The van der Waals surface area contributed by atoms with E-state index in [0.29, 0.717) is 10.9 Å². The lowest BCUT2D eigenvalue weighted by Gasteiger charge is -2.14. The fraction of sp³-hybridized carbons (Fsp3) is 0.263. The molecule has 0 saturated carbocycles. The molecule has 0 saturated heterocycles. The van der Waals surface area contributed by atoms with Crippen LogP contribution >= 0.6 is 11.3 Å². The fourth-order valence-corrected chi connectivity index (χ4v) is 3.23. The maximum atomic E-state index is 12.4. The highest BCUT2D eigenvalue weighted by molar-refractivity contribution is 7.22. The summed E-state index contributed by atoms with van der Waals surface area (Å²) in [6.07, 6.45) is -0.622. The van der Waals surface area contributed by atoms with Gasteiger partial charge in [-0.1, -0.05) is 17.4 Å². The van der Waals surface area contributed by atoms with Gasteiger partial charge in [0.25, 0.3) is 5.91 Å². The molecule has 0 bridgehead atoms. The number of rotatable bonds is 5. The van der Waals surface area contributed by atoms with Crippen molar-refractivity contribution in [1.29, 1.82) is 0 Å². The molecule has 3 aromatic rings. The van der Waals surface area contributed by atoms with Crippen molar-refractivity contribution in [1.82, 2.24) is 4.98 Å². The summed E-state index contributed by atoms with van der Waals surface area (Å²) < 4.78 is 11.9. The van der Waals surface area contributed by atoms with Crippen LogP contribution in [0.15, 0.2) is 36.4 Å². The van der Waals surface area contributed by atoms with Gasteiger partial charge in [-0.25, -0.2) is 4.98 Å². The van der Waals surface area contributed by atoms with Gasteiger partial charge in [0.2, 0.25) is 0 Å². The Labute approximate surface area is 150 Å². The van der Waals surface area contributed by atoms with Crippen molar-refractivity contribution in [3.63, 3.8) is 0 Å². The van der Waals surface area contributed by atoms with Gasteiger partial charge in [-0.3, -0.25) is 10.1 Å². The average molecular weight is 356 g/mol. The number of anilines is 1. The number of ether oxygens (including phenoxy) is 2. The number of carbonyl (C=O) groups excluding carboxylic acids is 1. The molecule has 6 heteroatoms. The van der Waals surface area contributed by atoms with Gasteiger partial charge >= 0.3 is 0 Å². The second-order valence-electron chi connectivity index (χ2n) is 5.85. The molecule has 1 aromatic heterocycles. The minimum Gasteiger partial charge on any atom is -0.497 e. The summed E-state index contributed by atoms with van der Waals surface area (Å²) in [5, 5.41) is 3.36. The molecule has 1 N–H and O–H groups in total. The van der Waals surface area contributed by atoms with Crippen molar-refractivity contribution in [3.05, 3.63) is 47.5 Å². The molecule has 25 heavy (non-hydrogen) atoms. The average Bonchev–Trinajstić information content (AvgIpc) is 2.99. The Hall–Kier alpha value is -2.60. The molecule has 0 aliphatic heterocycles. The van der Waals surface area contributed by atoms with Crippen LogP contribution in [0.1, 0.15) is 18.1 Å². The molecule has 1 atom stereocenters. The van der Waals surface area contributed by atoms with E-state index >= 15 is 0 Å². The van der Waals surface area contributed by atoms with Gasteiger partial charge in [0.05, 0.1) is 17.3 Å². The molecule has 0 aliphatic rings. The van der Waals surface area contributed by atoms with Crippen LogP contribution in [-0.4, -0.2) is 24.1 Å². The van der Waals surface area contributed by atoms with E-state index in [-0.39, 0.29) is 5.91 Å².